The van der Waals surface area contributed by atoms with Crippen LogP contribution >= 0.6 is 0 Å². The second-order valence-corrected chi connectivity index (χ2v) is 7.03. The zero-order valence-corrected chi connectivity index (χ0v) is 13.3. The van der Waals surface area contributed by atoms with Gasteiger partial charge in [-0.3, -0.25) is 9.80 Å². The van der Waals surface area contributed by atoms with E-state index in [-0.39, 0.29) is 0 Å². The summed E-state index contributed by atoms with van der Waals surface area (Å²) in [6.07, 6.45) is 3.94. The van der Waals surface area contributed by atoms with E-state index >= 15 is 0 Å². The lowest BCUT2D eigenvalue weighted by molar-refractivity contribution is 0.0350. The molecule has 0 amide bonds. The van der Waals surface area contributed by atoms with Crippen molar-refractivity contribution in [3.05, 3.63) is 35.9 Å². The molecule has 3 heteroatoms. The van der Waals surface area contributed by atoms with Crippen molar-refractivity contribution in [2.45, 2.75) is 38.3 Å². The van der Waals surface area contributed by atoms with Crippen LogP contribution in [0.5, 0.6) is 0 Å². The Kier molecular flexibility index (Phi) is 4.63. The molecule has 1 aliphatic heterocycles. The number of benzene rings is 1. The zero-order valence-electron chi connectivity index (χ0n) is 13.3. The number of hydrogen-bond donors (Lipinski definition) is 1. The van der Waals surface area contributed by atoms with Crippen LogP contribution < -0.4 is 5.73 Å². The van der Waals surface area contributed by atoms with Crippen LogP contribution in [0.2, 0.25) is 0 Å². The summed E-state index contributed by atoms with van der Waals surface area (Å²) >= 11 is 0. The van der Waals surface area contributed by atoms with Gasteiger partial charge in [-0.05, 0) is 30.7 Å². The maximum absolute atomic E-state index is 6.16. The maximum atomic E-state index is 6.16. The molecular formula is C18H29N3. The lowest BCUT2D eigenvalue weighted by Crippen LogP contribution is -2.59. The quantitative estimate of drug-likeness (QED) is 0.922. The highest BCUT2D eigenvalue weighted by molar-refractivity contribution is 5.14. The standard InChI is InChI=1S/C18H29N3/c1-16-7-8-18(13-16,15-19)21-11-9-20(10-12-21)14-17-5-3-2-4-6-17/h2-6,16H,7-15,19H2,1H3. The first-order valence-corrected chi connectivity index (χ1v) is 8.43. The number of rotatable bonds is 4. The topological polar surface area (TPSA) is 32.5 Å². The van der Waals surface area contributed by atoms with E-state index in [0.717, 1.165) is 19.0 Å². The van der Waals surface area contributed by atoms with Crippen LogP contribution in [0.3, 0.4) is 0 Å². The molecule has 0 aromatic heterocycles. The third-order valence-corrected chi connectivity index (χ3v) is 5.50. The van der Waals surface area contributed by atoms with Gasteiger partial charge in [-0.2, -0.15) is 0 Å². The Bertz CT molecular complexity index is 439. The summed E-state index contributed by atoms with van der Waals surface area (Å²) in [5, 5.41) is 0. The van der Waals surface area contributed by atoms with Gasteiger partial charge in [-0.1, -0.05) is 37.3 Å². The molecule has 0 radical (unpaired) electrons. The van der Waals surface area contributed by atoms with Crippen LogP contribution in [0.15, 0.2) is 30.3 Å². The Balaban J connectivity index is 1.55. The molecule has 1 aromatic rings. The molecule has 1 heterocycles. The second kappa shape index (κ2) is 6.47. The number of piperazine rings is 1. The van der Waals surface area contributed by atoms with E-state index in [0.29, 0.717) is 5.54 Å². The van der Waals surface area contributed by atoms with Gasteiger partial charge in [0.2, 0.25) is 0 Å². The van der Waals surface area contributed by atoms with Crippen molar-refractivity contribution in [3.63, 3.8) is 0 Å². The van der Waals surface area contributed by atoms with E-state index in [4.69, 9.17) is 5.73 Å². The lowest BCUT2D eigenvalue weighted by Gasteiger charge is -2.45. The minimum Gasteiger partial charge on any atom is -0.329 e. The molecule has 2 aliphatic rings. The summed E-state index contributed by atoms with van der Waals surface area (Å²) in [6, 6.07) is 10.8. The predicted molar refractivity (Wildman–Crippen MR) is 88.1 cm³/mol. The first-order chi connectivity index (χ1) is 10.2. The largest absolute Gasteiger partial charge is 0.329 e. The maximum Gasteiger partial charge on any atom is 0.0335 e. The van der Waals surface area contributed by atoms with Gasteiger partial charge in [0.1, 0.15) is 0 Å². The van der Waals surface area contributed by atoms with Crippen molar-refractivity contribution in [1.29, 1.82) is 0 Å². The average Bonchev–Trinajstić information content (AvgIpc) is 2.92. The van der Waals surface area contributed by atoms with Crippen molar-refractivity contribution in [2.75, 3.05) is 32.7 Å². The fourth-order valence-electron chi connectivity index (χ4n) is 4.19. The van der Waals surface area contributed by atoms with Crippen molar-refractivity contribution >= 4 is 0 Å². The molecule has 1 saturated carbocycles. The van der Waals surface area contributed by atoms with Gasteiger partial charge in [0.15, 0.2) is 0 Å². The van der Waals surface area contributed by atoms with E-state index in [9.17, 15) is 0 Å². The summed E-state index contributed by atoms with van der Waals surface area (Å²) in [7, 11) is 0. The van der Waals surface area contributed by atoms with Crippen molar-refractivity contribution < 1.29 is 0 Å². The molecule has 2 fully saturated rings. The smallest absolute Gasteiger partial charge is 0.0335 e. The lowest BCUT2D eigenvalue weighted by atomic mass is 9.93. The summed E-state index contributed by atoms with van der Waals surface area (Å²) in [5.41, 5.74) is 7.89. The van der Waals surface area contributed by atoms with Crippen LogP contribution in [0.1, 0.15) is 31.7 Å². The molecule has 1 aliphatic carbocycles. The van der Waals surface area contributed by atoms with Crippen molar-refractivity contribution in [2.24, 2.45) is 11.7 Å². The highest BCUT2D eigenvalue weighted by Crippen LogP contribution is 2.38. The van der Waals surface area contributed by atoms with Crippen LogP contribution in [0, 0.1) is 5.92 Å². The van der Waals surface area contributed by atoms with E-state index in [2.05, 4.69) is 47.1 Å². The van der Waals surface area contributed by atoms with E-state index in [1.807, 2.05) is 0 Å². The van der Waals surface area contributed by atoms with Gasteiger partial charge in [-0.25, -0.2) is 0 Å². The van der Waals surface area contributed by atoms with Crippen LogP contribution in [-0.4, -0.2) is 48.1 Å². The zero-order chi connectivity index (χ0) is 14.7. The van der Waals surface area contributed by atoms with E-state index < -0.39 is 0 Å². The summed E-state index contributed by atoms with van der Waals surface area (Å²) in [6.45, 7) is 8.99. The molecular weight excluding hydrogens is 258 g/mol. The minimum atomic E-state index is 0.304. The molecule has 1 aromatic carbocycles. The summed E-state index contributed by atoms with van der Waals surface area (Å²) < 4.78 is 0. The average molecular weight is 287 g/mol. The van der Waals surface area contributed by atoms with Gasteiger partial charge in [0.05, 0.1) is 0 Å². The fraction of sp³-hybridized carbons (Fsp3) is 0.667. The van der Waals surface area contributed by atoms with Gasteiger partial charge < -0.3 is 5.73 Å². The van der Waals surface area contributed by atoms with Crippen LogP contribution in [0.25, 0.3) is 0 Å². The van der Waals surface area contributed by atoms with Gasteiger partial charge in [-0.15, -0.1) is 0 Å². The Morgan fingerprint density at radius 1 is 1.14 bits per heavy atom. The Morgan fingerprint density at radius 3 is 2.43 bits per heavy atom. The molecule has 1 saturated heterocycles. The van der Waals surface area contributed by atoms with Gasteiger partial charge >= 0.3 is 0 Å². The number of nitrogens with zero attached hydrogens (tertiary/aromatic N) is 2. The van der Waals surface area contributed by atoms with Gasteiger partial charge in [0, 0.05) is 44.8 Å². The Morgan fingerprint density at radius 2 is 1.86 bits per heavy atom. The molecule has 21 heavy (non-hydrogen) atoms. The van der Waals surface area contributed by atoms with Crippen molar-refractivity contribution in [3.8, 4) is 0 Å². The summed E-state index contributed by atoms with van der Waals surface area (Å²) in [5.74, 6) is 0.843. The highest BCUT2D eigenvalue weighted by Gasteiger charge is 2.42. The number of nitrogens with two attached hydrogens (primary N) is 1. The SMILES string of the molecule is CC1CCC(CN)(N2CCN(Cc3ccccc3)CC2)C1. The van der Waals surface area contributed by atoms with Crippen LogP contribution in [0.4, 0.5) is 0 Å². The molecule has 3 nitrogen and oxygen atoms in total. The normalized spacial score (nSPS) is 31.6. The molecule has 0 bridgehead atoms. The molecule has 0 spiro atoms. The number of hydrogen-bond acceptors (Lipinski definition) is 3. The molecule has 2 N–H and O–H groups in total. The van der Waals surface area contributed by atoms with Crippen molar-refractivity contribution in [1.82, 2.24) is 9.80 Å². The molecule has 116 valence electrons. The molecule has 2 unspecified atom stereocenters. The van der Waals surface area contributed by atoms with E-state index in [1.54, 1.807) is 0 Å². The highest BCUT2D eigenvalue weighted by atomic mass is 15.3. The molecule has 2 atom stereocenters. The van der Waals surface area contributed by atoms with E-state index in [1.165, 1.54) is 51.0 Å². The van der Waals surface area contributed by atoms with Gasteiger partial charge in [0.25, 0.3) is 0 Å². The first kappa shape index (κ1) is 15.0. The monoisotopic (exact) mass is 287 g/mol. The predicted octanol–water partition coefficient (Wildman–Crippen LogP) is 2.32. The third-order valence-electron chi connectivity index (χ3n) is 5.50. The second-order valence-electron chi connectivity index (χ2n) is 7.03. The minimum absolute atomic E-state index is 0.304. The summed E-state index contributed by atoms with van der Waals surface area (Å²) in [4.78, 5) is 5.27. The fourth-order valence-corrected chi connectivity index (χ4v) is 4.19. The van der Waals surface area contributed by atoms with Crippen LogP contribution in [-0.2, 0) is 6.54 Å². The first-order valence-electron chi connectivity index (χ1n) is 8.43. The third kappa shape index (κ3) is 3.31. The molecule has 3 rings (SSSR count). The Hall–Kier alpha value is -0.900. The Labute approximate surface area is 129 Å².